The molecule has 0 atom stereocenters. The van der Waals surface area contributed by atoms with Crippen LogP contribution in [0.1, 0.15) is 41.5 Å². The van der Waals surface area contributed by atoms with E-state index in [1.54, 1.807) is 0 Å². The number of benzene rings is 2. The summed E-state index contributed by atoms with van der Waals surface area (Å²) in [5.41, 5.74) is 2.15. The number of hydrogen-bond donors (Lipinski definition) is 0. The largest absolute Gasteiger partial charge is 0.336 e. The molecule has 2 aromatic rings. The molecule has 2 rings (SSSR count). The molecule has 0 heterocycles. The van der Waals surface area contributed by atoms with Gasteiger partial charge in [0.05, 0.1) is 0 Å². The molecule has 0 saturated heterocycles. The van der Waals surface area contributed by atoms with Crippen molar-refractivity contribution in [3.05, 3.63) is 67.3 Å². The van der Waals surface area contributed by atoms with Crippen molar-refractivity contribution in [2.24, 2.45) is 0 Å². The zero-order chi connectivity index (χ0) is 17.1. The molecule has 122 valence electrons. The van der Waals surface area contributed by atoms with Crippen molar-refractivity contribution >= 4 is 11.4 Å². The van der Waals surface area contributed by atoms with E-state index in [0.29, 0.717) is 0 Å². The SMILES string of the molecule is CC(C)(C)N([C]N(c1ccccc1)C(C)(C)C)c1ccccc1. The van der Waals surface area contributed by atoms with E-state index in [1.165, 1.54) is 0 Å². The first-order valence-corrected chi connectivity index (χ1v) is 8.16. The van der Waals surface area contributed by atoms with Crippen molar-refractivity contribution in [3.63, 3.8) is 0 Å². The molecule has 0 aliphatic carbocycles. The molecule has 0 N–H and O–H groups in total. The number of para-hydroxylation sites is 2. The molecule has 0 aliphatic heterocycles. The van der Waals surface area contributed by atoms with Crippen molar-refractivity contribution < 1.29 is 0 Å². The van der Waals surface area contributed by atoms with Crippen LogP contribution in [0.3, 0.4) is 0 Å². The van der Waals surface area contributed by atoms with Crippen LogP contribution in [0.2, 0.25) is 0 Å². The Hall–Kier alpha value is -1.96. The molecule has 0 fully saturated rings. The predicted molar refractivity (Wildman–Crippen MR) is 101 cm³/mol. The standard InChI is InChI=1S/C21H28N2/c1-20(2,3)22(18-13-9-7-10-14-18)17-23(21(4,5)6)19-15-11-8-12-16-19/h7-16H,1-6H3. The van der Waals surface area contributed by atoms with Crippen molar-refractivity contribution in [2.45, 2.75) is 52.6 Å². The smallest absolute Gasteiger partial charge is 0.209 e. The molecule has 2 nitrogen and oxygen atoms in total. The molecular formula is C21H28N2. The summed E-state index contributed by atoms with van der Waals surface area (Å²) in [6.45, 7) is 16.9. The molecule has 2 aromatic carbocycles. The minimum atomic E-state index is -0.0698. The van der Waals surface area contributed by atoms with Crippen LogP contribution in [-0.4, -0.2) is 11.1 Å². The van der Waals surface area contributed by atoms with Crippen LogP contribution in [0.4, 0.5) is 11.4 Å². The molecule has 0 unspecified atom stereocenters. The molecule has 0 aromatic heterocycles. The van der Waals surface area contributed by atoms with Crippen LogP contribution in [0, 0.1) is 6.67 Å². The van der Waals surface area contributed by atoms with Crippen LogP contribution in [0.5, 0.6) is 0 Å². The van der Waals surface area contributed by atoms with E-state index in [1.807, 2.05) is 12.1 Å². The predicted octanol–water partition coefficient (Wildman–Crippen LogP) is 5.59. The third kappa shape index (κ3) is 4.51. The molecule has 0 aliphatic rings. The van der Waals surface area contributed by atoms with Crippen LogP contribution in [-0.2, 0) is 0 Å². The topological polar surface area (TPSA) is 6.48 Å². The van der Waals surface area contributed by atoms with Gasteiger partial charge in [-0.15, -0.1) is 0 Å². The van der Waals surface area contributed by atoms with E-state index in [-0.39, 0.29) is 11.1 Å². The van der Waals surface area contributed by atoms with E-state index in [2.05, 4.69) is 107 Å². The molecule has 0 amide bonds. The number of rotatable bonds is 4. The maximum Gasteiger partial charge on any atom is 0.209 e. The fourth-order valence-corrected chi connectivity index (χ4v) is 2.44. The average Bonchev–Trinajstić information content (AvgIpc) is 2.47. The molecule has 0 spiro atoms. The summed E-state index contributed by atoms with van der Waals surface area (Å²) in [6, 6.07) is 20.9. The van der Waals surface area contributed by atoms with Gasteiger partial charge in [-0.1, -0.05) is 36.4 Å². The van der Waals surface area contributed by atoms with Gasteiger partial charge in [0.1, 0.15) is 0 Å². The highest BCUT2D eigenvalue weighted by Gasteiger charge is 2.30. The van der Waals surface area contributed by atoms with Crippen molar-refractivity contribution in [3.8, 4) is 0 Å². The van der Waals surface area contributed by atoms with Gasteiger partial charge in [0.2, 0.25) is 6.67 Å². The van der Waals surface area contributed by atoms with E-state index in [4.69, 9.17) is 0 Å². The Morgan fingerprint density at radius 3 is 1.13 bits per heavy atom. The lowest BCUT2D eigenvalue weighted by Gasteiger charge is -2.44. The van der Waals surface area contributed by atoms with Gasteiger partial charge in [-0.3, -0.25) is 0 Å². The maximum atomic E-state index is 3.63. The monoisotopic (exact) mass is 308 g/mol. The van der Waals surface area contributed by atoms with Gasteiger partial charge in [-0.05, 0) is 65.8 Å². The Labute approximate surface area is 141 Å². The van der Waals surface area contributed by atoms with Gasteiger partial charge in [-0.2, -0.15) is 0 Å². The van der Waals surface area contributed by atoms with Gasteiger partial charge in [0, 0.05) is 22.5 Å². The Bertz CT molecular complexity index is 536. The molecule has 0 bridgehead atoms. The third-order valence-corrected chi connectivity index (χ3v) is 3.57. The Morgan fingerprint density at radius 1 is 0.565 bits per heavy atom. The fourth-order valence-electron chi connectivity index (χ4n) is 2.44. The highest BCUT2D eigenvalue weighted by molar-refractivity contribution is 5.57. The van der Waals surface area contributed by atoms with E-state index < -0.39 is 0 Å². The summed E-state index contributed by atoms with van der Waals surface area (Å²) in [6.07, 6.45) is 0. The normalized spacial score (nSPS) is 12.1. The summed E-state index contributed by atoms with van der Waals surface area (Å²) in [7, 11) is 0. The summed E-state index contributed by atoms with van der Waals surface area (Å²) >= 11 is 0. The summed E-state index contributed by atoms with van der Waals surface area (Å²) in [5, 5.41) is 0. The van der Waals surface area contributed by atoms with Crippen LogP contribution in [0.25, 0.3) is 0 Å². The third-order valence-electron chi connectivity index (χ3n) is 3.57. The van der Waals surface area contributed by atoms with Gasteiger partial charge in [0.25, 0.3) is 0 Å². The second-order valence-corrected chi connectivity index (χ2v) is 7.78. The van der Waals surface area contributed by atoms with Gasteiger partial charge < -0.3 is 9.80 Å². The van der Waals surface area contributed by atoms with Crippen LogP contribution in [0.15, 0.2) is 60.7 Å². The lowest BCUT2D eigenvalue weighted by Crippen LogP contribution is -2.50. The van der Waals surface area contributed by atoms with Crippen molar-refractivity contribution in [1.29, 1.82) is 0 Å². The zero-order valence-corrected chi connectivity index (χ0v) is 15.2. The van der Waals surface area contributed by atoms with E-state index in [9.17, 15) is 0 Å². The van der Waals surface area contributed by atoms with Crippen LogP contribution < -0.4 is 9.80 Å². The number of hydrogen-bond acceptors (Lipinski definition) is 2. The first-order chi connectivity index (χ1) is 10.7. The van der Waals surface area contributed by atoms with Crippen LogP contribution >= 0.6 is 0 Å². The Balaban J connectivity index is 2.39. The fraction of sp³-hybridized carbons (Fsp3) is 0.381. The Morgan fingerprint density at radius 2 is 0.870 bits per heavy atom. The minimum Gasteiger partial charge on any atom is -0.336 e. The summed E-state index contributed by atoms with van der Waals surface area (Å²) in [4.78, 5) is 4.43. The lowest BCUT2D eigenvalue weighted by molar-refractivity contribution is 0.479. The minimum absolute atomic E-state index is 0.0698. The van der Waals surface area contributed by atoms with Gasteiger partial charge in [0.15, 0.2) is 0 Å². The van der Waals surface area contributed by atoms with E-state index in [0.717, 1.165) is 11.4 Å². The van der Waals surface area contributed by atoms with Crippen molar-refractivity contribution in [2.75, 3.05) is 9.80 Å². The highest BCUT2D eigenvalue weighted by atomic mass is 15.4. The summed E-state index contributed by atoms with van der Waals surface area (Å²) in [5.74, 6) is 0. The van der Waals surface area contributed by atoms with Crippen molar-refractivity contribution in [1.82, 2.24) is 0 Å². The highest BCUT2D eigenvalue weighted by Crippen LogP contribution is 2.31. The lowest BCUT2D eigenvalue weighted by atomic mass is 10.0. The number of nitrogens with zero attached hydrogens (tertiary/aromatic N) is 2. The van der Waals surface area contributed by atoms with Gasteiger partial charge >= 0.3 is 0 Å². The molecule has 2 radical (unpaired) electrons. The quantitative estimate of drug-likeness (QED) is 0.679. The second-order valence-electron chi connectivity index (χ2n) is 7.78. The molecular weight excluding hydrogens is 280 g/mol. The second kappa shape index (κ2) is 6.66. The molecule has 23 heavy (non-hydrogen) atoms. The first-order valence-electron chi connectivity index (χ1n) is 8.16. The number of anilines is 2. The van der Waals surface area contributed by atoms with E-state index >= 15 is 0 Å². The molecule has 2 heteroatoms. The first kappa shape index (κ1) is 17.4. The summed E-state index contributed by atoms with van der Waals surface area (Å²) < 4.78 is 0. The molecule has 0 saturated carbocycles. The average molecular weight is 308 g/mol. The maximum absolute atomic E-state index is 3.63. The van der Waals surface area contributed by atoms with Gasteiger partial charge in [-0.25, -0.2) is 0 Å². The Kier molecular flexibility index (Phi) is 5.03. The zero-order valence-electron chi connectivity index (χ0n) is 15.2.